The van der Waals surface area contributed by atoms with E-state index in [0.29, 0.717) is 11.0 Å². The summed E-state index contributed by atoms with van der Waals surface area (Å²) in [5.74, 6) is 1.46. The SMILES string of the molecule is CCNC(=S)NC(C)c1ncc(C)o1. The zero-order chi connectivity index (χ0) is 10.6. The normalized spacial score (nSPS) is 12.2. The van der Waals surface area contributed by atoms with Crippen LogP contribution in [0.25, 0.3) is 0 Å². The monoisotopic (exact) mass is 213 g/mol. The predicted octanol–water partition coefficient (Wildman–Crippen LogP) is 1.53. The second-order valence-corrected chi connectivity index (χ2v) is 3.44. The van der Waals surface area contributed by atoms with Crippen molar-refractivity contribution < 1.29 is 4.42 Å². The molecule has 0 aliphatic rings. The number of nitrogens with zero attached hydrogens (tertiary/aromatic N) is 1. The lowest BCUT2D eigenvalue weighted by Crippen LogP contribution is -2.36. The van der Waals surface area contributed by atoms with Crippen LogP contribution in [-0.4, -0.2) is 16.6 Å². The van der Waals surface area contributed by atoms with Crippen LogP contribution in [0, 0.1) is 6.92 Å². The van der Waals surface area contributed by atoms with Crippen LogP contribution < -0.4 is 10.6 Å². The minimum Gasteiger partial charge on any atom is -0.444 e. The first-order valence-corrected chi connectivity index (χ1v) is 5.01. The minimum absolute atomic E-state index is 0.00440. The summed E-state index contributed by atoms with van der Waals surface area (Å²) in [4.78, 5) is 4.11. The van der Waals surface area contributed by atoms with Gasteiger partial charge in [0.05, 0.1) is 6.20 Å². The maximum atomic E-state index is 5.36. The third-order valence-electron chi connectivity index (χ3n) is 1.69. The number of aromatic nitrogens is 1. The van der Waals surface area contributed by atoms with E-state index >= 15 is 0 Å². The molecule has 4 nitrogen and oxygen atoms in total. The zero-order valence-electron chi connectivity index (χ0n) is 8.63. The molecule has 1 aromatic rings. The molecule has 1 unspecified atom stereocenters. The molecule has 0 aromatic carbocycles. The van der Waals surface area contributed by atoms with Gasteiger partial charge in [-0.1, -0.05) is 0 Å². The summed E-state index contributed by atoms with van der Waals surface area (Å²) in [7, 11) is 0. The van der Waals surface area contributed by atoms with E-state index in [2.05, 4.69) is 15.6 Å². The molecule has 0 saturated carbocycles. The number of hydrogen-bond acceptors (Lipinski definition) is 3. The van der Waals surface area contributed by atoms with Crippen LogP contribution in [0.3, 0.4) is 0 Å². The first-order chi connectivity index (χ1) is 6.63. The minimum atomic E-state index is -0.00440. The molecular formula is C9H15N3OS. The van der Waals surface area contributed by atoms with Gasteiger partial charge in [-0.2, -0.15) is 0 Å². The molecule has 1 atom stereocenters. The van der Waals surface area contributed by atoms with Gasteiger partial charge >= 0.3 is 0 Å². The van der Waals surface area contributed by atoms with E-state index in [1.807, 2.05) is 20.8 Å². The maximum Gasteiger partial charge on any atom is 0.216 e. The van der Waals surface area contributed by atoms with Crippen molar-refractivity contribution in [3.8, 4) is 0 Å². The molecule has 0 aliphatic carbocycles. The van der Waals surface area contributed by atoms with E-state index in [0.717, 1.165) is 12.3 Å². The molecule has 1 rings (SSSR count). The van der Waals surface area contributed by atoms with Gasteiger partial charge < -0.3 is 15.1 Å². The van der Waals surface area contributed by atoms with Crippen molar-refractivity contribution in [1.82, 2.24) is 15.6 Å². The van der Waals surface area contributed by atoms with Gasteiger partial charge in [0.2, 0.25) is 5.89 Å². The fourth-order valence-electron chi connectivity index (χ4n) is 1.04. The largest absolute Gasteiger partial charge is 0.444 e. The Morgan fingerprint density at radius 2 is 2.43 bits per heavy atom. The Hall–Kier alpha value is -1.10. The van der Waals surface area contributed by atoms with Crippen molar-refractivity contribution >= 4 is 17.3 Å². The first-order valence-electron chi connectivity index (χ1n) is 4.60. The number of nitrogens with one attached hydrogen (secondary N) is 2. The topological polar surface area (TPSA) is 50.1 Å². The smallest absolute Gasteiger partial charge is 0.216 e. The Morgan fingerprint density at radius 3 is 2.93 bits per heavy atom. The summed E-state index contributed by atoms with van der Waals surface area (Å²) in [6.45, 7) is 6.62. The molecule has 2 N–H and O–H groups in total. The molecule has 1 aromatic heterocycles. The molecule has 78 valence electrons. The average Bonchev–Trinajstić information content (AvgIpc) is 2.52. The van der Waals surface area contributed by atoms with Crippen molar-refractivity contribution in [3.05, 3.63) is 17.8 Å². The van der Waals surface area contributed by atoms with Gasteiger partial charge in [0.15, 0.2) is 5.11 Å². The van der Waals surface area contributed by atoms with Crippen LogP contribution in [-0.2, 0) is 0 Å². The standard InChI is InChI=1S/C9H15N3OS/c1-4-10-9(14)12-7(3)8-11-5-6(2)13-8/h5,7H,4H2,1-3H3,(H2,10,12,14). The average molecular weight is 213 g/mol. The number of hydrogen-bond donors (Lipinski definition) is 2. The van der Waals surface area contributed by atoms with Crippen molar-refractivity contribution in [1.29, 1.82) is 0 Å². The molecule has 5 heteroatoms. The lowest BCUT2D eigenvalue weighted by Gasteiger charge is -2.12. The number of aryl methyl sites for hydroxylation is 1. The number of rotatable bonds is 3. The highest BCUT2D eigenvalue weighted by atomic mass is 32.1. The molecule has 14 heavy (non-hydrogen) atoms. The summed E-state index contributed by atoms with van der Waals surface area (Å²) in [5.41, 5.74) is 0. The van der Waals surface area contributed by atoms with E-state index in [1.54, 1.807) is 6.20 Å². The molecule has 0 spiro atoms. The van der Waals surface area contributed by atoms with Gasteiger partial charge in [-0.05, 0) is 33.0 Å². The Kier molecular flexibility index (Phi) is 3.88. The number of thiocarbonyl (C=S) groups is 1. The Balaban J connectivity index is 2.50. The van der Waals surface area contributed by atoms with E-state index in [9.17, 15) is 0 Å². The fraction of sp³-hybridized carbons (Fsp3) is 0.556. The summed E-state index contributed by atoms with van der Waals surface area (Å²) in [6.07, 6.45) is 1.70. The van der Waals surface area contributed by atoms with Gasteiger partial charge in [0, 0.05) is 6.54 Å². The Bertz CT molecular complexity index is 311. The van der Waals surface area contributed by atoms with Crippen LogP contribution in [0.5, 0.6) is 0 Å². The van der Waals surface area contributed by atoms with Crippen molar-refractivity contribution in [2.45, 2.75) is 26.8 Å². The second kappa shape index (κ2) is 4.95. The molecule has 0 bridgehead atoms. The van der Waals surface area contributed by atoms with Crippen LogP contribution in [0.1, 0.15) is 31.5 Å². The van der Waals surface area contributed by atoms with Crippen molar-refractivity contribution in [3.63, 3.8) is 0 Å². The third kappa shape index (κ3) is 2.99. The summed E-state index contributed by atoms with van der Waals surface area (Å²) in [6, 6.07) is -0.00440. The molecule has 0 saturated heterocycles. The summed E-state index contributed by atoms with van der Waals surface area (Å²) >= 11 is 5.04. The quantitative estimate of drug-likeness (QED) is 0.746. The van der Waals surface area contributed by atoms with Gasteiger partial charge in [-0.25, -0.2) is 4.98 Å². The fourth-order valence-corrected chi connectivity index (χ4v) is 1.36. The lowest BCUT2D eigenvalue weighted by molar-refractivity contribution is 0.428. The lowest BCUT2D eigenvalue weighted by atomic mass is 10.3. The summed E-state index contributed by atoms with van der Waals surface area (Å²) < 4.78 is 5.36. The molecule has 0 fully saturated rings. The highest BCUT2D eigenvalue weighted by Crippen LogP contribution is 2.11. The van der Waals surface area contributed by atoms with Gasteiger partial charge in [-0.3, -0.25) is 0 Å². The molecule has 0 radical (unpaired) electrons. The van der Waals surface area contributed by atoms with Gasteiger partial charge in [0.1, 0.15) is 11.8 Å². The molecule has 0 amide bonds. The number of oxazole rings is 1. The Morgan fingerprint density at radius 1 is 1.71 bits per heavy atom. The second-order valence-electron chi connectivity index (χ2n) is 3.03. The first kappa shape index (κ1) is 11.0. The van der Waals surface area contributed by atoms with Crippen LogP contribution >= 0.6 is 12.2 Å². The van der Waals surface area contributed by atoms with Gasteiger partial charge in [0.25, 0.3) is 0 Å². The molecule has 1 heterocycles. The third-order valence-corrected chi connectivity index (χ3v) is 1.96. The van der Waals surface area contributed by atoms with Crippen molar-refractivity contribution in [2.24, 2.45) is 0 Å². The highest BCUT2D eigenvalue weighted by molar-refractivity contribution is 7.80. The van der Waals surface area contributed by atoms with Crippen molar-refractivity contribution in [2.75, 3.05) is 6.54 Å². The van der Waals surface area contributed by atoms with E-state index in [4.69, 9.17) is 16.6 Å². The van der Waals surface area contributed by atoms with E-state index in [-0.39, 0.29) is 6.04 Å². The Labute approximate surface area is 89.1 Å². The molecular weight excluding hydrogens is 198 g/mol. The van der Waals surface area contributed by atoms with E-state index < -0.39 is 0 Å². The summed E-state index contributed by atoms with van der Waals surface area (Å²) in [5, 5.41) is 6.70. The van der Waals surface area contributed by atoms with Crippen LogP contribution in [0.2, 0.25) is 0 Å². The maximum absolute atomic E-state index is 5.36. The predicted molar refractivity (Wildman–Crippen MR) is 59.1 cm³/mol. The van der Waals surface area contributed by atoms with Gasteiger partial charge in [-0.15, -0.1) is 0 Å². The van der Waals surface area contributed by atoms with Crippen LogP contribution in [0.15, 0.2) is 10.6 Å². The zero-order valence-corrected chi connectivity index (χ0v) is 9.44. The van der Waals surface area contributed by atoms with Crippen LogP contribution in [0.4, 0.5) is 0 Å². The molecule has 0 aliphatic heterocycles. The highest BCUT2D eigenvalue weighted by Gasteiger charge is 2.11. The van der Waals surface area contributed by atoms with E-state index in [1.165, 1.54) is 0 Å².